The maximum absolute atomic E-state index is 5.94. The number of aliphatic imine (C=N–C) groups is 1. The summed E-state index contributed by atoms with van der Waals surface area (Å²) in [6.45, 7) is 4.10. The lowest BCUT2D eigenvalue weighted by Crippen LogP contribution is -2.04. The highest BCUT2D eigenvalue weighted by molar-refractivity contribution is 8.17. The highest BCUT2D eigenvalue weighted by Crippen LogP contribution is 2.37. The van der Waals surface area contributed by atoms with E-state index in [2.05, 4.69) is 36.3 Å². The molecule has 0 unspecified atom stereocenters. The quantitative estimate of drug-likeness (QED) is 0.543. The monoisotopic (exact) mass is 357 g/mol. The van der Waals surface area contributed by atoms with Gasteiger partial charge in [0.2, 0.25) is 0 Å². The van der Waals surface area contributed by atoms with Gasteiger partial charge in [-0.2, -0.15) is 0 Å². The van der Waals surface area contributed by atoms with E-state index in [4.69, 9.17) is 16.6 Å². The van der Waals surface area contributed by atoms with E-state index in [1.54, 1.807) is 23.5 Å². The molecule has 1 heterocycles. The molecule has 1 nitrogen and oxygen atoms in total. The second-order valence-electron chi connectivity index (χ2n) is 5.11. The van der Waals surface area contributed by atoms with E-state index >= 15 is 0 Å². The summed E-state index contributed by atoms with van der Waals surface area (Å²) in [6, 6.07) is 18.0. The van der Waals surface area contributed by atoms with Crippen molar-refractivity contribution in [3.8, 4) is 0 Å². The van der Waals surface area contributed by atoms with E-state index in [-0.39, 0.29) is 0 Å². The summed E-state index contributed by atoms with van der Waals surface area (Å²) >= 11 is 9.35. The van der Waals surface area contributed by atoms with Crippen molar-refractivity contribution in [3.63, 3.8) is 0 Å². The van der Waals surface area contributed by atoms with E-state index in [0.29, 0.717) is 0 Å². The molecule has 0 radical (unpaired) electrons. The van der Waals surface area contributed by atoms with Crippen molar-refractivity contribution < 1.29 is 0 Å². The van der Waals surface area contributed by atoms with Crippen molar-refractivity contribution >= 4 is 45.9 Å². The number of rotatable bonds is 3. The van der Waals surface area contributed by atoms with Crippen LogP contribution in [-0.2, 0) is 0 Å². The van der Waals surface area contributed by atoms with Gasteiger partial charge in [-0.3, -0.25) is 0 Å². The highest BCUT2D eigenvalue weighted by Gasteiger charge is 2.17. The van der Waals surface area contributed by atoms with Gasteiger partial charge in [0, 0.05) is 9.92 Å². The van der Waals surface area contributed by atoms with Gasteiger partial charge in [-0.05, 0) is 65.1 Å². The molecule has 0 saturated carbocycles. The maximum Gasteiger partial charge on any atom is 0.105 e. The Hall–Kier alpha value is -1.42. The van der Waals surface area contributed by atoms with E-state index in [9.17, 15) is 0 Å². The standard InChI is InChI=1S/C19H16ClNS2/c1-14-7-8-15(13-22-18-5-3-2-4-6-18)19(23-14)21-17-11-9-16(20)10-12-17/h2-6,9-13H,1,7-8H2/b15-13+,21-19?. The molecule has 0 spiro atoms. The summed E-state index contributed by atoms with van der Waals surface area (Å²) in [5.74, 6) is 0. The van der Waals surface area contributed by atoms with Crippen molar-refractivity contribution in [3.05, 3.63) is 82.1 Å². The molecule has 1 aliphatic rings. The van der Waals surface area contributed by atoms with Crippen LogP contribution < -0.4 is 0 Å². The third-order valence-corrected chi connectivity index (χ3v) is 5.56. The van der Waals surface area contributed by atoms with Gasteiger partial charge in [0.25, 0.3) is 0 Å². The molecular formula is C19H16ClNS2. The first kappa shape index (κ1) is 16.4. The molecule has 116 valence electrons. The Kier molecular flexibility index (Phi) is 5.65. The minimum absolute atomic E-state index is 0.727. The fourth-order valence-electron chi connectivity index (χ4n) is 2.11. The first-order chi connectivity index (χ1) is 11.2. The molecular weight excluding hydrogens is 342 g/mol. The summed E-state index contributed by atoms with van der Waals surface area (Å²) in [5.41, 5.74) is 2.19. The average Bonchev–Trinajstić information content (AvgIpc) is 2.57. The molecule has 3 rings (SSSR count). The van der Waals surface area contributed by atoms with Gasteiger partial charge in [-0.25, -0.2) is 4.99 Å². The molecule has 0 atom stereocenters. The van der Waals surface area contributed by atoms with E-state index in [1.165, 1.54) is 15.4 Å². The molecule has 2 aromatic rings. The first-order valence-corrected chi connectivity index (χ1v) is 9.39. The van der Waals surface area contributed by atoms with Crippen molar-refractivity contribution in [2.45, 2.75) is 17.7 Å². The SMILES string of the molecule is C=C1CC/C(=C\Sc2ccccc2)C(=Nc2ccc(Cl)cc2)S1. The van der Waals surface area contributed by atoms with Crippen LogP contribution >= 0.6 is 35.1 Å². The zero-order valence-electron chi connectivity index (χ0n) is 12.5. The van der Waals surface area contributed by atoms with Crippen LogP contribution in [0.25, 0.3) is 0 Å². The summed E-state index contributed by atoms with van der Waals surface area (Å²) in [5, 5.41) is 3.97. The van der Waals surface area contributed by atoms with Gasteiger partial charge >= 0.3 is 0 Å². The summed E-state index contributed by atoms with van der Waals surface area (Å²) < 4.78 is 0. The lowest BCUT2D eigenvalue weighted by atomic mass is 10.1. The second kappa shape index (κ2) is 7.91. The van der Waals surface area contributed by atoms with E-state index < -0.39 is 0 Å². The van der Waals surface area contributed by atoms with Crippen molar-refractivity contribution in [1.82, 2.24) is 0 Å². The van der Waals surface area contributed by atoms with Gasteiger partial charge in [-0.1, -0.05) is 59.9 Å². The van der Waals surface area contributed by atoms with E-state index in [0.717, 1.165) is 28.6 Å². The third kappa shape index (κ3) is 4.77. The van der Waals surface area contributed by atoms with Gasteiger partial charge < -0.3 is 0 Å². The zero-order valence-corrected chi connectivity index (χ0v) is 14.9. The number of allylic oxidation sites excluding steroid dienone is 1. The molecule has 0 aromatic heterocycles. The predicted octanol–water partition coefficient (Wildman–Crippen LogP) is 7.09. The molecule has 0 amide bonds. The van der Waals surface area contributed by atoms with Crippen LogP contribution in [0.4, 0.5) is 5.69 Å². The van der Waals surface area contributed by atoms with Crippen LogP contribution in [0.3, 0.4) is 0 Å². The van der Waals surface area contributed by atoms with Crippen molar-refractivity contribution in [2.24, 2.45) is 4.99 Å². The van der Waals surface area contributed by atoms with Crippen LogP contribution in [0.1, 0.15) is 12.8 Å². The number of thioether (sulfide) groups is 2. The minimum Gasteiger partial charge on any atom is -0.241 e. The largest absolute Gasteiger partial charge is 0.241 e. The van der Waals surface area contributed by atoms with E-state index in [1.807, 2.05) is 30.3 Å². The molecule has 1 saturated heterocycles. The first-order valence-electron chi connectivity index (χ1n) is 7.32. The molecule has 0 bridgehead atoms. The fraction of sp³-hybridized carbons (Fsp3) is 0.105. The Bertz CT molecular complexity index is 749. The number of hydrogen-bond acceptors (Lipinski definition) is 3. The van der Waals surface area contributed by atoms with Crippen molar-refractivity contribution in [1.29, 1.82) is 0 Å². The number of benzene rings is 2. The topological polar surface area (TPSA) is 12.4 Å². The fourth-order valence-corrected chi connectivity index (χ4v) is 4.05. The summed E-state index contributed by atoms with van der Waals surface area (Å²) in [4.78, 5) is 7.18. The van der Waals surface area contributed by atoms with Crippen LogP contribution in [-0.4, -0.2) is 5.04 Å². The molecule has 0 N–H and O–H groups in total. The van der Waals surface area contributed by atoms with Gasteiger partial charge in [0.1, 0.15) is 5.04 Å². The van der Waals surface area contributed by atoms with Crippen LogP contribution in [0.2, 0.25) is 5.02 Å². The third-order valence-electron chi connectivity index (χ3n) is 3.33. The van der Waals surface area contributed by atoms with Crippen molar-refractivity contribution in [2.75, 3.05) is 0 Å². The molecule has 23 heavy (non-hydrogen) atoms. The van der Waals surface area contributed by atoms with Crippen LogP contribution in [0, 0.1) is 0 Å². The average molecular weight is 358 g/mol. The highest BCUT2D eigenvalue weighted by atomic mass is 35.5. The van der Waals surface area contributed by atoms with Gasteiger partial charge in [-0.15, -0.1) is 0 Å². The molecule has 2 aromatic carbocycles. The van der Waals surface area contributed by atoms with Crippen LogP contribution in [0.15, 0.2) is 87.0 Å². The van der Waals surface area contributed by atoms with Gasteiger partial charge in [0.15, 0.2) is 0 Å². The summed E-state index contributed by atoms with van der Waals surface area (Å²) in [6.07, 6.45) is 1.99. The molecule has 1 fully saturated rings. The number of nitrogens with zero attached hydrogens (tertiary/aromatic N) is 1. The number of halogens is 1. The Morgan fingerprint density at radius 3 is 2.52 bits per heavy atom. The Balaban J connectivity index is 1.84. The van der Waals surface area contributed by atoms with Gasteiger partial charge in [0.05, 0.1) is 5.69 Å². The molecule has 1 aliphatic heterocycles. The Morgan fingerprint density at radius 2 is 1.78 bits per heavy atom. The maximum atomic E-state index is 5.94. The predicted molar refractivity (Wildman–Crippen MR) is 105 cm³/mol. The lowest BCUT2D eigenvalue weighted by molar-refractivity contribution is 1.01. The summed E-state index contributed by atoms with van der Waals surface area (Å²) in [7, 11) is 0. The smallest absolute Gasteiger partial charge is 0.105 e. The number of hydrogen-bond donors (Lipinski definition) is 0. The normalized spacial score (nSPS) is 18.6. The zero-order chi connectivity index (χ0) is 16.1. The minimum atomic E-state index is 0.727. The Morgan fingerprint density at radius 1 is 1.04 bits per heavy atom. The second-order valence-corrected chi connectivity index (χ2v) is 7.66. The Labute approximate surface area is 150 Å². The van der Waals surface area contributed by atoms with Crippen LogP contribution in [0.5, 0.6) is 0 Å². The molecule has 4 heteroatoms. The molecule has 0 aliphatic carbocycles. The lowest BCUT2D eigenvalue weighted by Gasteiger charge is -2.18.